The van der Waals surface area contributed by atoms with Crippen molar-refractivity contribution in [3.63, 3.8) is 0 Å². The van der Waals surface area contributed by atoms with Crippen LogP contribution in [0.5, 0.6) is 0 Å². The lowest BCUT2D eigenvalue weighted by Crippen LogP contribution is -2.27. The van der Waals surface area contributed by atoms with Crippen molar-refractivity contribution in [2.45, 2.75) is 18.7 Å². The van der Waals surface area contributed by atoms with Gasteiger partial charge in [0.25, 0.3) is 5.22 Å². The number of hydrogen-bond acceptors (Lipinski definition) is 6. The van der Waals surface area contributed by atoms with E-state index in [-0.39, 0.29) is 11.7 Å². The minimum Gasteiger partial charge on any atom is -0.464 e. The number of aryl methyl sites for hydroxylation is 1. The van der Waals surface area contributed by atoms with Crippen molar-refractivity contribution >= 4 is 33.6 Å². The van der Waals surface area contributed by atoms with Gasteiger partial charge in [-0.15, -0.1) is 10.2 Å². The predicted octanol–water partition coefficient (Wildman–Crippen LogP) is 4.15. The largest absolute Gasteiger partial charge is 0.464 e. The van der Waals surface area contributed by atoms with E-state index in [1.54, 1.807) is 11.9 Å². The van der Waals surface area contributed by atoms with E-state index in [0.29, 0.717) is 17.7 Å². The minimum atomic E-state index is -0.0419. The monoisotopic (exact) mass is 421 g/mol. The van der Waals surface area contributed by atoms with E-state index < -0.39 is 0 Å². The molecule has 0 unspecified atom stereocenters. The average Bonchev–Trinajstić information content (AvgIpc) is 3.22. The van der Waals surface area contributed by atoms with Crippen LogP contribution >= 0.6 is 27.7 Å². The zero-order valence-corrected chi connectivity index (χ0v) is 16.1. The fourth-order valence-corrected chi connectivity index (χ4v) is 3.30. The topological polar surface area (TPSA) is 72.4 Å². The summed E-state index contributed by atoms with van der Waals surface area (Å²) in [6.45, 7) is 2.30. The lowest BCUT2D eigenvalue weighted by Gasteiger charge is -2.14. The van der Waals surface area contributed by atoms with Gasteiger partial charge in [-0.3, -0.25) is 4.79 Å². The van der Waals surface area contributed by atoms with Crippen molar-refractivity contribution < 1.29 is 13.6 Å². The maximum Gasteiger partial charge on any atom is 0.277 e. The molecule has 3 aromatic rings. The van der Waals surface area contributed by atoms with Crippen LogP contribution in [0.1, 0.15) is 11.5 Å². The lowest BCUT2D eigenvalue weighted by molar-refractivity contribution is -0.127. The van der Waals surface area contributed by atoms with Crippen molar-refractivity contribution in [3.8, 4) is 11.5 Å². The number of furan rings is 1. The van der Waals surface area contributed by atoms with Gasteiger partial charge in [-0.1, -0.05) is 23.9 Å². The minimum absolute atomic E-state index is 0.0419. The number of halogens is 1. The van der Waals surface area contributed by atoms with E-state index in [1.807, 2.05) is 43.3 Å². The third-order valence-corrected chi connectivity index (χ3v) is 4.94. The molecule has 0 saturated heterocycles. The summed E-state index contributed by atoms with van der Waals surface area (Å²) < 4.78 is 12.0. The molecule has 0 bridgehead atoms. The van der Waals surface area contributed by atoms with Crippen LogP contribution in [-0.4, -0.2) is 33.8 Å². The van der Waals surface area contributed by atoms with Crippen molar-refractivity contribution in [3.05, 3.63) is 52.4 Å². The van der Waals surface area contributed by atoms with Crippen molar-refractivity contribution in [2.75, 3.05) is 12.8 Å². The molecule has 0 radical (unpaired) electrons. The molecule has 6 nitrogen and oxygen atoms in total. The molecule has 0 aliphatic heterocycles. The molecule has 0 saturated carbocycles. The Morgan fingerprint density at radius 3 is 2.72 bits per heavy atom. The highest BCUT2D eigenvalue weighted by atomic mass is 79.9. The Labute approximate surface area is 157 Å². The lowest BCUT2D eigenvalue weighted by atomic mass is 10.2. The van der Waals surface area contributed by atoms with Crippen LogP contribution < -0.4 is 0 Å². The first kappa shape index (κ1) is 17.8. The SMILES string of the molecule is Cc1ccc(CN(C)C(=O)CSc2nnc(-c3ccccc3Br)o2)o1. The highest BCUT2D eigenvalue weighted by Gasteiger charge is 2.15. The number of amides is 1. The van der Waals surface area contributed by atoms with Gasteiger partial charge in [0.2, 0.25) is 11.8 Å². The fraction of sp³-hybridized carbons (Fsp3) is 0.235. The maximum atomic E-state index is 12.2. The van der Waals surface area contributed by atoms with Crippen molar-refractivity contribution in [1.29, 1.82) is 0 Å². The van der Waals surface area contributed by atoms with E-state index in [9.17, 15) is 4.79 Å². The molecule has 25 heavy (non-hydrogen) atoms. The maximum absolute atomic E-state index is 12.2. The standard InChI is InChI=1S/C17H16BrN3O3S/c1-11-7-8-12(23-11)9-21(2)15(22)10-25-17-20-19-16(24-17)13-5-3-4-6-14(13)18/h3-8H,9-10H2,1-2H3. The van der Waals surface area contributed by atoms with E-state index >= 15 is 0 Å². The normalized spacial score (nSPS) is 10.8. The summed E-state index contributed by atoms with van der Waals surface area (Å²) >= 11 is 4.67. The molecular weight excluding hydrogens is 406 g/mol. The molecule has 3 rings (SSSR count). The van der Waals surface area contributed by atoms with Gasteiger partial charge in [0.05, 0.1) is 17.9 Å². The van der Waals surface area contributed by atoms with E-state index in [4.69, 9.17) is 8.83 Å². The fourth-order valence-electron chi connectivity index (χ4n) is 2.14. The van der Waals surface area contributed by atoms with E-state index in [1.165, 1.54) is 11.8 Å². The Bertz CT molecular complexity index is 877. The molecule has 1 amide bonds. The number of carbonyl (C=O) groups is 1. The highest BCUT2D eigenvalue weighted by molar-refractivity contribution is 9.10. The number of aromatic nitrogens is 2. The number of benzene rings is 1. The van der Waals surface area contributed by atoms with Gasteiger partial charge in [-0.05, 0) is 47.1 Å². The van der Waals surface area contributed by atoms with Crippen LogP contribution in [0.2, 0.25) is 0 Å². The van der Waals surface area contributed by atoms with Crippen LogP contribution in [-0.2, 0) is 11.3 Å². The third kappa shape index (κ3) is 4.52. The van der Waals surface area contributed by atoms with Crippen molar-refractivity contribution in [1.82, 2.24) is 15.1 Å². The molecule has 0 N–H and O–H groups in total. The summed E-state index contributed by atoms with van der Waals surface area (Å²) in [6, 6.07) is 11.3. The summed E-state index contributed by atoms with van der Waals surface area (Å²) in [7, 11) is 1.74. The Kier molecular flexibility index (Phi) is 5.60. The number of rotatable bonds is 6. The Morgan fingerprint density at radius 1 is 1.20 bits per heavy atom. The molecule has 1 aromatic carbocycles. The Hall–Kier alpha value is -2.06. The molecule has 8 heteroatoms. The van der Waals surface area contributed by atoms with Gasteiger partial charge in [0, 0.05) is 11.5 Å². The first-order chi connectivity index (χ1) is 12.0. The number of hydrogen-bond donors (Lipinski definition) is 0. The zero-order valence-electron chi connectivity index (χ0n) is 13.7. The number of nitrogens with zero attached hydrogens (tertiary/aromatic N) is 3. The molecule has 2 aromatic heterocycles. The molecule has 0 aliphatic rings. The third-order valence-electron chi connectivity index (χ3n) is 3.44. The molecule has 0 aliphatic carbocycles. The molecule has 0 fully saturated rings. The predicted molar refractivity (Wildman–Crippen MR) is 98.1 cm³/mol. The second kappa shape index (κ2) is 7.88. The number of carbonyl (C=O) groups excluding carboxylic acids is 1. The summed E-state index contributed by atoms with van der Waals surface area (Å²) in [5, 5.41) is 8.38. The van der Waals surface area contributed by atoms with Crippen molar-refractivity contribution in [2.24, 2.45) is 0 Å². The molecule has 0 spiro atoms. The summed E-state index contributed by atoms with van der Waals surface area (Å²) in [4.78, 5) is 13.8. The summed E-state index contributed by atoms with van der Waals surface area (Å²) in [5.74, 6) is 2.18. The highest BCUT2D eigenvalue weighted by Crippen LogP contribution is 2.29. The second-order valence-electron chi connectivity index (χ2n) is 5.40. The Morgan fingerprint density at radius 2 is 2.00 bits per heavy atom. The van der Waals surface area contributed by atoms with Gasteiger partial charge in [-0.25, -0.2) is 0 Å². The zero-order chi connectivity index (χ0) is 17.8. The smallest absolute Gasteiger partial charge is 0.277 e. The van der Waals surface area contributed by atoms with Crippen LogP contribution in [0.25, 0.3) is 11.5 Å². The van der Waals surface area contributed by atoms with Crippen LogP contribution in [0.4, 0.5) is 0 Å². The van der Waals surface area contributed by atoms with E-state index in [0.717, 1.165) is 21.6 Å². The average molecular weight is 422 g/mol. The van der Waals surface area contributed by atoms with Gasteiger partial charge in [0.15, 0.2) is 0 Å². The van der Waals surface area contributed by atoms with Gasteiger partial charge < -0.3 is 13.7 Å². The summed E-state index contributed by atoms with van der Waals surface area (Å²) in [6.07, 6.45) is 0. The number of thioether (sulfide) groups is 1. The van der Waals surface area contributed by atoms with E-state index in [2.05, 4.69) is 26.1 Å². The first-order valence-electron chi connectivity index (χ1n) is 7.53. The summed E-state index contributed by atoms with van der Waals surface area (Å²) in [5.41, 5.74) is 0.818. The molecular formula is C17H16BrN3O3S. The molecule has 0 atom stereocenters. The van der Waals surface area contributed by atoms with Gasteiger partial charge in [-0.2, -0.15) is 0 Å². The second-order valence-corrected chi connectivity index (χ2v) is 7.18. The first-order valence-corrected chi connectivity index (χ1v) is 9.31. The van der Waals surface area contributed by atoms with Crippen LogP contribution in [0.15, 0.2) is 54.9 Å². The van der Waals surface area contributed by atoms with Crippen LogP contribution in [0, 0.1) is 6.92 Å². The molecule has 130 valence electrons. The van der Waals surface area contributed by atoms with Crippen LogP contribution in [0.3, 0.4) is 0 Å². The quantitative estimate of drug-likeness (QED) is 0.556. The Balaban J connectivity index is 1.56. The molecule has 2 heterocycles. The van der Waals surface area contributed by atoms with Gasteiger partial charge in [0.1, 0.15) is 11.5 Å². The van der Waals surface area contributed by atoms with Gasteiger partial charge >= 0.3 is 0 Å².